The summed E-state index contributed by atoms with van der Waals surface area (Å²) in [5.74, 6) is -0.165. The highest BCUT2D eigenvalue weighted by molar-refractivity contribution is 4.85. The number of rotatable bonds is 12. The second-order valence-electron chi connectivity index (χ2n) is 7.48. The Morgan fingerprint density at radius 1 is 0.800 bits per heavy atom. The van der Waals surface area contributed by atoms with Crippen LogP contribution in [0.3, 0.4) is 0 Å². The highest BCUT2D eigenvalue weighted by atomic mass is 16.7. The molecule has 0 unspecified atom stereocenters. The molecule has 2 heteroatoms. The molecule has 1 saturated carbocycles. The number of unbranched alkanes of at least 4 members (excludes halogenated alkanes) is 6. The van der Waals surface area contributed by atoms with Gasteiger partial charge in [0.05, 0.1) is 6.61 Å². The second-order valence-corrected chi connectivity index (χ2v) is 7.48. The zero-order valence-electron chi connectivity index (χ0n) is 14.3. The van der Waals surface area contributed by atoms with Crippen molar-refractivity contribution in [3.63, 3.8) is 0 Å². The normalized spacial score (nSPS) is 17.4. The molecule has 0 aromatic rings. The molecule has 20 heavy (non-hydrogen) atoms. The van der Waals surface area contributed by atoms with E-state index in [1.807, 2.05) is 6.92 Å². The largest absolute Gasteiger partial charge is 0.350 e. The molecule has 0 amide bonds. The Kier molecular flexibility index (Phi) is 8.13. The first-order valence-corrected chi connectivity index (χ1v) is 8.75. The van der Waals surface area contributed by atoms with Crippen molar-refractivity contribution in [3.05, 3.63) is 0 Å². The van der Waals surface area contributed by atoms with E-state index >= 15 is 0 Å². The first-order chi connectivity index (χ1) is 9.47. The smallest absolute Gasteiger partial charge is 0.168 e. The van der Waals surface area contributed by atoms with Crippen LogP contribution in [0.2, 0.25) is 0 Å². The average Bonchev–Trinajstić information content (AvgIpc) is 3.11. The predicted octanol–water partition coefficient (Wildman–Crippen LogP) is 5.70. The zero-order valence-corrected chi connectivity index (χ0v) is 14.3. The summed E-state index contributed by atoms with van der Waals surface area (Å²) in [6.07, 6.45) is 13.0. The van der Waals surface area contributed by atoms with Gasteiger partial charge in [0.2, 0.25) is 0 Å². The fourth-order valence-electron chi connectivity index (χ4n) is 2.59. The summed E-state index contributed by atoms with van der Waals surface area (Å²) in [6.45, 7) is 10.7. The monoisotopic (exact) mass is 284 g/mol. The van der Waals surface area contributed by atoms with Gasteiger partial charge in [-0.3, -0.25) is 0 Å². The van der Waals surface area contributed by atoms with E-state index in [2.05, 4.69) is 20.8 Å². The van der Waals surface area contributed by atoms with E-state index in [0.717, 1.165) is 26.1 Å². The van der Waals surface area contributed by atoms with E-state index in [-0.39, 0.29) is 5.79 Å². The van der Waals surface area contributed by atoms with Crippen molar-refractivity contribution in [1.82, 2.24) is 0 Å². The minimum Gasteiger partial charge on any atom is -0.350 e. The summed E-state index contributed by atoms with van der Waals surface area (Å²) in [5.41, 5.74) is 0.511. The lowest BCUT2D eigenvalue weighted by molar-refractivity contribution is -0.164. The van der Waals surface area contributed by atoms with Gasteiger partial charge in [0.15, 0.2) is 5.79 Å². The fourth-order valence-corrected chi connectivity index (χ4v) is 2.59. The van der Waals surface area contributed by atoms with Crippen LogP contribution in [0.5, 0.6) is 0 Å². The van der Waals surface area contributed by atoms with Crippen LogP contribution in [0.25, 0.3) is 0 Å². The van der Waals surface area contributed by atoms with Gasteiger partial charge in [-0.05, 0) is 25.2 Å². The van der Waals surface area contributed by atoms with Crippen LogP contribution >= 0.6 is 0 Å². The zero-order chi connectivity index (χ0) is 14.9. The summed E-state index contributed by atoms with van der Waals surface area (Å²) in [7, 11) is 0. The predicted molar refractivity (Wildman–Crippen MR) is 85.9 cm³/mol. The lowest BCUT2D eigenvalue weighted by Crippen LogP contribution is -2.19. The molecule has 1 aliphatic rings. The van der Waals surface area contributed by atoms with E-state index < -0.39 is 0 Å². The molecule has 0 aromatic heterocycles. The molecule has 0 spiro atoms. The Balaban J connectivity index is 1.79. The maximum atomic E-state index is 5.84. The van der Waals surface area contributed by atoms with Crippen molar-refractivity contribution in [3.8, 4) is 0 Å². The van der Waals surface area contributed by atoms with E-state index in [1.165, 1.54) is 51.4 Å². The van der Waals surface area contributed by atoms with E-state index in [9.17, 15) is 0 Å². The van der Waals surface area contributed by atoms with Gasteiger partial charge in [-0.1, -0.05) is 59.3 Å². The van der Waals surface area contributed by atoms with Crippen molar-refractivity contribution >= 4 is 0 Å². The van der Waals surface area contributed by atoms with Gasteiger partial charge in [0.25, 0.3) is 0 Å². The standard InChI is InChI=1S/C18H36O2/c1-5-19-18(14-15-18)20-16-12-10-8-6-7-9-11-13-17(2,3)4/h5-16H2,1-4H3. The van der Waals surface area contributed by atoms with Gasteiger partial charge < -0.3 is 9.47 Å². The highest BCUT2D eigenvalue weighted by Gasteiger charge is 2.44. The molecule has 1 aliphatic carbocycles. The number of hydrogen-bond donors (Lipinski definition) is 0. The van der Waals surface area contributed by atoms with Crippen molar-refractivity contribution in [2.24, 2.45) is 5.41 Å². The summed E-state index contributed by atoms with van der Waals surface area (Å²) in [4.78, 5) is 0. The molecule has 0 N–H and O–H groups in total. The van der Waals surface area contributed by atoms with Crippen LogP contribution in [-0.2, 0) is 9.47 Å². The Bertz CT molecular complexity index is 238. The highest BCUT2D eigenvalue weighted by Crippen LogP contribution is 2.40. The SMILES string of the molecule is CCOC1(OCCCCCCCCCC(C)(C)C)CC1. The third-order valence-electron chi connectivity index (χ3n) is 4.00. The topological polar surface area (TPSA) is 18.5 Å². The molecular weight excluding hydrogens is 248 g/mol. The molecule has 120 valence electrons. The van der Waals surface area contributed by atoms with Crippen molar-refractivity contribution in [2.75, 3.05) is 13.2 Å². The maximum absolute atomic E-state index is 5.84. The van der Waals surface area contributed by atoms with Crippen LogP contribution in [-0.4, -0.2) is 19.0 Å². The van der Waals surface area contributed by atoms with Crippen LogP contribution in [0.4, 0.5) is 0 Å². The molecule has 0 aromatic carbocycles. The molecule has 0 atom stereocenters. The van der Waals surface area contributed by atoms with Crippen LogP contribution in [0.1, 0.15) is 91.9 Å². The molecule has 1 rings (SSSR count). The van der Waals surface area contributed by atoms with E-state index in [4.69, 9.17) is 9.47 Å². The maximum Gasteiger partial charge on any atom is 0.168 e. The quantitative estimate of drug-likeness (QED) is 0.338. The molecule has 0 bridgehead atoms. The number of ether oxygens (including phenoxy) is 2. The van der Waals surface area contributed by atoms with Gasteiger partial charge >= 0.3 is 0 Å². The Labute approximate surface area is 126 Å². The summed E-state index contributed by atoms with van der Waals surface area (Å²) < 4.78 is 11.5. The fraction of sp³-hybridized carbons (Fsp3) is 1.00. The van der Waals surface area contributed by atoms with Gasteiger partial charge in [0.1, 0.15) is 0 Å². The average molecular weight is 284 g/mol. The van der Waals surface area contributed by atoms with Gasteiger partial charge in [-0.25, -0.2) is 0 Å². The van der Waals surface area contributed by atoms with Gasteiger partial charge in [-0.2, -0.15) is 0 Å². The van der Waals surface area contributed by atoms with Crippen LogP contribution in [0.15, 0.2) is 0 Å². The second kappa shape index (κ2) is 9.04. The Morgan fingerprint density at radius 3 is 1.85 bits per heavy atom. The van der Waals surface area contributed by atoms with Gasteiger partial charge in [-0.15, -0.1) is 0 Å². The van der Waals surface area contributed by atoms with E-state index in [1.54, 1.807) is 0 Å². The molecule has 0 radical (unpaired) electrons. The minimum absolute atomic E-state index is 0.165. The van der Waals surface area contributed by atoms with Gasteiger partial charge in [0, 0.05) is 19.4 Å². The third kappa shape index (κ3) is 8.97. The molecule has 0 saturated heterocycles. The molecule has 0 aliphatic heterocycles. The lowest BCUT2D eigenvalue weighted by atomic mass is 9.89. The van der Waals surface area contributed by atoms with Crippen LogP contribution < -0.4 is 0 Å². The molecule has 2 nitrogen and oxygen atoms in total. The first kappa shape index (κ1) is 18.0. The molecular formula is C18H36O2. The van der Waals surface area contributed by atoms with Crippen molar-refractivity contribution < 1.29 is 9.47 Å². The first-order valence-electron chi connectivity index (χ1n) is 8.75. The molecule has 1 fully saturated rings. The summed E-state index contributed by atoms with van der Waals surface area (Å²) in [6, 6.07) is 0. The van der Waals surface area contributed by atoms with E-state index in [0.29, 0.717) is 5.41 Å². The Hall–Kier alpha value is -0.0800. The van der Waals surface area contributed by atoms with Crippen molar-refractivity contribution in [1.29, 1.82) is 0 Å². The summed E-state index contributed by atoms with van der Waals surface area (Å²) >= 11 is 0. The third-order valence-corrected chi connectivity index (χ3v) is 4.00. The van der Waals surface area contributed by atoms with Crippen molar-refractivity contribution in [2.45, 2.75) is 97.7 Å². The van der Waals surface area contributed by atoms with Crippen LogP contribution in [0, 0.1) is 5.41 Å². The minimum atomic E-state index is -0.165. The Morgan fingerprint density at radius 2 is 1.35 bits per heavy atom. The number of hydrogen-bond acceptors (Lipinski definition) is 2. The summed E-state index contributed by atoms with van der Waals surface area (Å²) in [5, 5.41) is 0. The molecule has 0 heterocycles. The lowest BCUT2D eigenvalue weighted by Gasteiger charge is -2.17.